The molecule has 1 N–H and O–H groups in total. The SMILES string of the molecule is C[Si](C)Oc1cc(C(C)(C)C)cc2c1[C@H]1CC[C@]3(C)[C@@H](O)CC[C@H]3[C@@H]1CC2. The van der Waals surface area contributed by atoms with E-state index in [0.29, 0.717) is 11.8 Å². The summed E-state index contributed by atoms with van der Waals surface area (Å²) in [5.74, 6) is 3.22. The molecule has 2 nitrogen and oxygen atoms in total. The van der Waals surface area contributed by atoms with E-state index < -0.39 is 9.04 Å². The number of aliphatic hydroxyl groups is 1. The molecule has 2 saturated carbocycles. The summed E-state index contributed by atoms with van der Waals surface area (Å²) in [6.07, 6.45) is 6.95. The van der Waals surface area contributed by atoms with Crippen molar-refractivity contribution in [3.63, 3.8) is 0 Å². The Labute approximate surface area is 167 Å². The number of hydrogen-bond acceptors (Lipinski definition) is 2. The molecule has 0 aliphatic heterocycles. The molecule has 0 aromatic heterocycles. The van der Waals surface area contributed by atoms with Crippen LogP contribution >= 0.6 is 0 Å². The maximum atomic E-state index is 10.6. The summed E-state index contributed by atoms with van der Waals surface area (Å²) >= 11 is 0. The van der Waals surface area contributed by atoms with Crippen LogP contribution in [0.2, 0.25) is 13.1 Å². The quantitative estimate of drug-likeness (QED) is 0.649. The van der Waals surface area contributed by atoms with Crippen LogP contribution in [0.5, 0.6) is 5.75 Å². The average molecular weight is 386 g/mol. The van der Waals surface area contributed by atoms with E-state index in [2.05, 4.69) is 52.9 Å². The van der Waals surface area contributed by atoms with Gasteiger partial charge in [-0.25, -0.2) is 0 Å². The Hall–Kier alpha value is -0.803. The van der Waals surface area contributed by atoms with E-state index in [1.54, 1.807) is 5.56 Å². The van der Waals surface area contributed by atoms with E-state index in [9.17, 15) is 5.11 Å². The van der Waals surface area contributed by atoms with Crippen molar-refractivity contribution in [2.24, 2.45) is 17.3 Å². The molecule has 4 rings (SSSR count). The predicted octanol–water partition coefficient (Wildman–Crippen LogP) is 5.83. The van der Waals surface area contributed by atoms with Gasteiger partial charge in [0.05, 0.1) is 6.10 Å². The highest BCUT2D eigenvalue weighted by molar-refractivity contribution is 6.49. The van der Waals surface area contributed by atoms with Gasteiger partial charge in [-0.3, -0.25) is 0 Å². The summed E-state index contributed by atoms with van der Waals surface area (Å²) in [5.41, 5.74) is 4.79. The fourth-order valence-electron chi connectivity index (χ4n) is 6.39. The molecule has 0 unspecified atom stereocenters. The minimum absolute atomic E-state index is 0.0927. The number of fused-ring (bicyclic) bond motifs is 5. The fraction of sp³-hybridized carbons (Fsp3) is 0.750. The molecule has 27 heavy (non-hydrogen) atoms. The number of aryl methyl sites for hydroxylation is 1. The summed E-state index contributed by atoms with van der Waals surface area (Å²) in [5, 5.41) is 10.6. The molecule has 0 heterocycles. The molecule has 0 spiro atoms. The van der Waals surface area contributed by atoms with Crippen LogP contribution in [0.25, 0.3) is 0 Å². The minimum Gasteiger partial charge on any atom is -0.542 e. The van der Waals surface area contributed by atoms with Crippen molar-refractivity contribution >= 4 is 9.04 Å². The van der Waals surface area contributed by atoms with Crippen LogP contribution in [0, 0.1) is 17.3 Å². The number of benzene rings is 1. The van der Waals surface area contributed by atoms with Gasteiger partial charge in [0.15, 0.2) is 0 Å². The zero-order valence-corrected chi connectivity index (χ0v) is 19.1. The first-order chi connectivity index (χ1) is 12.6. The summed E-state index contributed by atoms with van der Waals surface area (Å²) in [4.78, 5) is 0. The van der Waals surface area contributed by atoms with Gasteiger partial charge in [0.1, 0.15) is 5.75 Å². The van der Waals surface area contributed by atoms with Crippen molar-refractivity contribution in [2.75, 3.05) is 0 Å². The van der Waals surface area contributed by atoms with E-state index >= 15 is 0 Å². The highest BCUT2D eigenvalue weighted by atomic mass is 28.3. The highest BCUT2D eigenvalue weighted by Crippen LogP contribution is 2.62. The maximum absolute atomic E-state index is 10.6. The average Bonchev–Trinajstić information content (AvgIpc) is 2.88. The zero-order valence-electron chi connectivity index (χ0n) is 18.1. The van der Waals surface area contributed by atoms with Crippen LogP contribution in [0.15, 0.2) is 12.1 Å². The first kappa shape index (κ1) is 19.5. The Morgan fingerprint density at radius 3 is 2.52 bits per heavy atom. The van der Waals surface area contributed by atoms with Crippen LogP contribution in [-0.2, 0) is 11.8 Å². The molecular formula is C24H37O2Si. The van der Waals surface area contributed by atoms with Gasteiger partial charge in [0, 0.05) is 0 Å². The minimum atomic E-state index is -0.796. The third-order valence-electron chi connectivity index (χ3n) is 7.91. The predicted molar refractivity (Wildman–Crippen MR) is 114 cm³/mol. The molecular weight excluding hydrogens is 348 g/mol. The molecule has 149 valence electrons. The first-order valence-electron chi connectivity index (χ1n) is 10.9. The molecule has 3 aliphatic rings. The van der Waals surface area contributed by atoms with Gasteiger partial charge in [0.25, 0.3) is 9.04 Å². The van der Waals surface area contributed by atoms with Crippen LogP contribution in [0.4, 0.5) is 0 Å². The lowest BCUT2D eigenvalue weighted by atomic mass is 9.55. The molecule has 1 aromatic carbocycles. The molecule has 0 amide bonds. The van der Waals surface area contributed by atoms with E-state index in [4.69, 9.17) is 4.43 Å². The first-order valence-corrected chi connectivity index (χ1v) is 13.4. The molecule has 0 bridgehead atoms. The standard InChI is InChI=1S/C24H37O2Si/c1-23(2,3)16-13-15-7-8-17-18(22(15)20(14-16)26-27(5)6)11-12-24(4)19(17)9-10-21(24)25/h13-14,17-19,21,25H,7-12H2,1-6H3/t17-,18+,19+,21+,24+/m1/s1. The van der Waals surface area contributed by atoms with Gasteiger partial charge in [-0.05, 0) is 103 Å². The smallest absolute Gasteiger partial charge is 0.274 e. The zero-order chi connectivity index (χ0) is 19.6. The molecule has 5 atom stereocenters. The van der Waals surface area contributed by atoms with Crippen LogP contribution in [0.1, 0.15) is 82.4 Å². The molecule has 1 radical (unpaired) electrons. The highest BCUT2D eigenvalue weighted by Gasteiger charge is 2.54. The van der Waals surface area contributed by atoms with E-state index in [1.807, 2.05) is 0 Å². The second kappa shape index (κ2) is 6.62. The summed E-state index contributed by atoms with van der Waals surface area (Å²) < 4.78 is 6.51. The van der Waals surface area contributed by atoms with Gasteiger partial charge >= 0.3 is 0 Å². The van der Waals surface area contributed by atoms with Crippen molar-refractivity contribution in [2.45, 2.75) is 96.8 Å². The summed E-state index contributed by atoms with van der Waals surface area (Å²) in [7, 11) is -0.796. The normalized spacial score (nSPS) is 35.6. The van der Waals surface area contributed by atoms with Gasteiger partial charge in [-0.1, -0.05) is 33.8 Å². The van der Waals surface area contributed by atoms with Crippen molar-refractivity contribution < 1.29 is 9.53 Å². The van der Waals surface area contributed by atoms with E-state index in [1.165, 1.54) is 42.6 Å². The van der Waals surface area contributed by atoms with Crippen molar-refractivity contribution in [3.05, 3.63) is 28.8 Å². The van der Waals surface area contributed by atoms with Crippen LogP contribution < -0.4 is 4.43 Å². The second-order valence-electron chi connectivity index (χ2n) is 10.9. The monoisotopic (exact) mass is 385 g/mol. The number of rotatable bonds is 2. The van der Waals surface area contributed by atoms with Crippen LogP contribution in [-0.4, -0.2) is 20.3 Å². The summed E-state index contributed by atoms with van der Waals surface area (Å²) in [6, 6.07) is 4.84. The molecule has 0 saturated heterocycles. The second-order valence-corrected chi connectivity index (χ2v) is 12.9. The Balaban J connectivity index is 1.77. The molecule has 3 heteroatoms. The van der Waals surface area contributed by atoms with E-state index in [-0.39, 0.29) is 16.9 Å². The Kier molecular flexibility index (Phi) is 4.79. The molecule has 3 aliphatic carbocycles. The third-order valence-corrected chi connectivity index (χ3v) is 8.54. The molecule has 1 aromatic rings. The van der Waals surface area contributed by atoms with Gasteiger partial charge in [-0.2, -0.15) is 0 Å². The van der Waals surface area contributed by atoms with Crippen molar-refractivity contribution in [3.8, 4) is 5.75 Å². The van der Waals surface area contributed by atoms with Crippen LogP contribution in [0.3, 0.4) is 0 Å². The van der Waals surface area contributed by atoms with Gasteiger partial charge in [0.2, 0.25) is 0 Å². The molecule has 2 fully saturated rings. The van der Waals surface area contributed by atoms with Gasteiger partial charge in [-0.15, -0.1) is 0 Å². The maximum Gasteiger partial charge on any atom is 0.274 e. The lowest BCUT2D eigenvalue weighted by molar-refractivity contribution is -0.0228. The van der Waals surface area contributed by atoms with Gasteiger partial charge < -0.3 is 9.53 Å². The topological polar surface area (TPSA) is 29.5 Å². The van der Waals surface area contributed by atoms with Crippen molar-refractivity contribution in [1.82, 2.24) is 0 Å². The lowest BCUT2D eigenvalue weighted by Crippen LogP contribution is -2.44. The summed E-state index contributed by atoms with van der Waals surface area (Å²) in [6.45, 7) is 13.8. The van der Waals surface area contributed by atoms with Crippen molar-refractivity contribution in [1.29, 1.82) is 0 Å². The fourth-order valence-corrected chi connectivity index (χ4v) is 7.00. The largest absolute Gasteiger partial charge is 0.542 e. The lowest BCUT2D eigenvalue weighted by Gasteiger charge is -2.50. The Bertz CT molecular complexity index is 720. The third kappa shape index (κ3) is 3.19. The number of aliphatic hydroxyl groups excluding tert-OH is 1. The Morgan fingerprint density at radius 1 is 1.11 bits per heavy atom. The number of hydrogen-bond donors (Lipinski definition) is 1. The van der Waals surface area contributed by atoms with E-state index in [0.717, 1.165) is 18.8 Å². The Morgan fingerprint density at radius 2 is 1.85 bits per heavy atom.